The molecule has 5 heteroatoms. The lowest BCUT2D eigenvalue weighted by atomic mass is 9.96. The van der Waals surface area contributed by atoms with E-state index in [9.17, 15) is 4.79 Å². The third kappa shape index (κ3) is 3.65. The number of hydrogen-bond acceptors (Lipinski definition) is 3. The number of piperazine rings is 1. The number of nitrogens with one attached hydrogen (secondary N) is 1. The van der Waals surface area contributed by atoms with Gasteiger partial charge >= 0.3 is 6.03 Å². The number of nitrogens with zero attached hydrogens (tertiary/aromatic N) is 3. The summed E-state index contributed by atoms with van der Waals surface area (Å²) in [5.41, 5.74) is 1.19. The van der Waals surface area contributed by atoms with E-state index in [0.29, 0.717) is 6.04 Å². The smallest absolute Gasteiger partial charge is 0.317 e. The van der Waals surface area contributed by atoms with Crippen LogP contribution in [0, 0.1) is 0 Å². The number of pyridine rings is 1. The number of carbonyl (C=O) groups is 1. The lowest BCUT2D eigenvalue weighted by molar-refractivity contribution is 0.186. The first-order valence-electron chi connectivity index (χ1n) is 8.03. The number of hydrogen-bond donors (Lipinski definition) is 1. The quantitative estimate of drug-likeness (QED) is 0.908. The molecular weight excluding hydrogens is 264 g/mol. The summed E-state index contributed by atoms with van der Waals surface area (Å²) in [7, 11) is 0. The van der Waals surface area contributed by atoms with Gasteiger partial charge in [-0.2, -0.15) is 0 Å². The van der Waals surface area contributed by atoms with E-state index in [1.54, 1.807) is 0 Å². The molecule has 0 unspecified atom stereocenters. The van der Waals surface area contributed by atoms with Crippen molar-refractivity contribution in [2.75, 3.05) is 31.1 Å². The van der Waals surface area contributed by atoms with E-state index < -0.39 is 0 Å². The molecular formula is C16H24N4O. The van der Waals surface area contributed by atoms with Crippen molar-refractivity contribution >= 4 is 11.7 Å². The fourth-order valence-electron chi connectivity index (χ4n) is 3.24. The van der Waals surface area contributed by atoms with Gasteiger partial charge in [0.1, 0.15) is 0 Å². The third-order valence-electron chi connectivity index (χ3n) is 4.53. The van der Waals surface area contributed by atoms with Crippen molar-refractivity contribution in [2.24, 2.45) is 0 Å². The summed E-state index contributed by atoms with van der Waals surface area (Å²) in [4.78, 5) is 20.6. The minimum Gasteiger partial charge on any atom is -0.368 e. The molecule has 0 atom stereocenters. The second-order valence-electron chi connectivity index (χ2n) is 5.96. The molecule has 21 heavy (non-hydrogen) atoms. The van der Waals surface area contributed by atoms with Crippen LogP contribution in [-0.2, 0) is 0 Å². The average molecular weight is 288 g/mol. The van der Waals surface area contributed by atoms with Crippen LogP contribution in [0.3, 0.4) is 0 Å². The predicted octanol–water partition coefficient (Wildman–Crippen LogP) is 2.25. The Bertz CT molecular complexity index is 451. The Morgan fingerprint density at radius 3 is 2.38 bits per heavy atom. The zero-order chi connectivity index (χ0) is 14.5. The monoisotopic (exact) mass is 288 g/mol. The van der Waals surface area contributed by atoms with Crippen LogP contribution in [0.5, 0.6) is 0 Å². The molecule has 1 aromatic rings. The molecule has 0 aromatic carbocycles. The predicted molar refractivity (Wildman–Crippen MR) is 83.4 cm³/mol. The van der Waals surface area contributed by atoms with Crippen LogP contribution in [-0.4, -0.2) is 48.1 Å². The first-order chi connectivity index (χ1) is 10.3. The lowest BCUT2D eigenvalue weighted by Crippen LogP contribution is -2.53. The van der Waals surface area contributed by atoms with E-state index in [4.69, 9.17) is 0 Å². The summed E-state index contributed by atoms with van der Waals surface area (Å²) < 4.78 is 0. The van der Waals surface area contributed by atoms with Crippen molar-refractivity contribution in [3.63, 3.8) is 0 Å². The number of carbonyl (C=O) groups excluding carboxylic acids is 1. The maximum Gasteiger partial charge on any atom is 0.317 e. The van der Waals surface area contributed by atoms with Crippen LogP contribution in [0.15, 0.2) is 24.5 Å². The fraction of sp³-hybridized carbons (Fsp3) is 0.625. The highest BCUT2D eigenvalue weighted by Crippen LogP contribution is 2.18. The Hall–Kier alpha value is -1.78. The highest BCUT2D eigenvalue weighted by Gasteiger charge is 2.23. The van der Waals surface area contributed by atoms with E-state index >= 15 is 0 Å². The summed E-state index contributed by atoms with van der Waals surface area (Å²) in [5, 5.41) is 3.20. The van der Waals surface area contributed by atoms with Crippen molar-refractivity contribution in [2.45, 2.75) is 38.1 Å². The van der Waals surface area contributed by atoms with Gasteiger partial charge in [0.2, 0.25) is 0 Å². The molecule has 1 aliphatic carbocycles. The highest BCUT2D eigenvalue weighted by molar-refractivity contribution is 5.75. The summed E-state index contributed by atoms with van der Waals surface area (Å²) in [6, 6.07) is 4.57. The molecule has 2 amide bonds. The van der Waals surface area contributed by atoms with Gasteiger partial charge in [-0.15, -0.1) is 0 Å². The van der Waals surface area contributed by atoms with E-state index in [-0.39, 0.29) is 6.03 Å². The zero-order valence-electron chi connectivity index (χ0n) is 12.5. The topological polar surface area (TPSA) is 48.5 Å². The van der Waals surface area contributed by atoms with E-state index in [0.717, 1.165) is 39.0 Å². The van der Waals surface area contributed by atoms with Crippen molar-refractivity contribution in [3.8, 4) is 0 Å². The number of rotatable bonds is 2. The fourth-order valence-corrected chi connectivity index (χ4v) is 3.24. The Morgan fingerprint density at radius 2 is 1.71 bits per heavy atom. The molecule has 5 nitrogen and oxygen atoms in total. The first kappa shape index (κ1) is 14.2. The van der Waals surface area contributed by atoms with Crippen LogP contribution >= 0.6 is 0 Å². The second kappa shape index (κ2) is 6.78. The Balaban J connectivity index is 1.47. The van der Waals surface area contributed by atoms with E-state index in [1.807, 2.05) is 29.4 Å². The average Bonchev–Trinajstić information content (AvgIpc) is 2.57. The summed E-state index contributed by atoms with van der Waals surface area (Å²) in [6.07, 6.45) is 9.74. The summed E-state index contributed by atoms with van der Waals surface area (Å²) in [5.74, 6) is 0. The largest absolute Gasteiger partial charge is 0.368 e. The number of amides is 2. The van der Waals surface area contributed by atoms with E-state index in [1.165, 1.54) is 24.9 Å². The molecule has 0 bridgehead atoms. The van der Waals surface area contributed by atoms with Gasteiger partial charge in [0.15, 0.2) is 0 Å². The van der Waals surface area contributed by atoms with Crippen molar-refractivity contribution in [1.82, 2.24) is 15.2 Å². The zero-order valence-corrected chi connectivity index (χ0v) is 12.5. The molecule has 1 saturated heterocycles. The summed E-state index contributed by atoms with van der Waals surface area (Å²) in [6.45, 7) is 3.37. The van der Waals surface area contributed by atoms with Crippen LogP contribution in [0.2, 0.25) is 0 Å². The van der Waals surface area contributed by atoms with Gasteiger partial charge in [0.25, 0.3) is 0 Å². The van der Waals surface area contributed by atoms with Crippen molar-refractivity contribution < 1.29 is 4.79 Å². The maximum absolute atomic E-state index is 12.3. The Morgan fingerprint density at radius 1 is 1.05 bits per heavy atom. The molecule has 114 valence electrons. The van der Waals surface area contributed by atoms with Crippen molar-refractivity contribution in [1.29, 1.82) is 0 Å². The molecule has 1 aliphatic heterocycles. The Kier molecular flexibility index (Phi) is 4.58. The minimum absolute atomic E-state index is 0.122. The minimum atomic E-state index is 0.122. The SMILES string of the molecule is O=C(NC1CCCCC1)N1CCN(c2ccncc2)CC1. The van der Waals surface area contributed by atoms with Crippen LogP contribution < -0.4 is 10.2 Å². The van der Waals surface area contributed by atoms with Crippen molar-refractivity contribution in [3.05, 3.63) is 24.5 Å². The molecule has 2 heterocycles. The lowest BCUT2D eigenvalue weighted by Gasteiger charge is -2.37. The summed E-state index contributed by atoms with van der Waals surface area (Å²) >= 11 is 0. The molecule has 2 fully saturated rings. The van der Waals surface area contributed by atoms with E-state index in [2.05, 4.69) is 15.2 Å². The number of anilines is 1. The molecule has 2 aliphatic rings. The van der Waals surface area contributed by atoms with Gasteiger partial charge in [-0.3, -0.25) is 4.98 Å². The Labute approximate surface area is 126 Å². The van der Waals surface area contributed by atoms with Crippen LogP contribution in [0.4, 0.5) is 10.5 Å². The highest BCUT2D eigenvalue weighted by atomic mass is 16.2. The molecule has 1 N–H and O–H groups in total. The normalized spacial score (nSPS) is 20.4. The van der Waals surface area contributed by atoms with Gasteiger partial charge in [0, 0.05) is 50.3 Å². The van der Waals surface area contributed by atoms with Gasteiger partial charge in [-0.25, -0.2) is 4.79 Å². The number of urea groups is 1. The third-order valence-corrected chi connectivity index (χ3v) is 4.53. The molecule has 1 aromatic heterocycles. The molecule has 3 rings (SSSR count). The maximum atomic E-state index is 12.3. The van der Waals surface area contributed by atoms with Gasteiger partial charge < -0.3 is 15.1 Å². The standard InChI is InChI=1S/C16H24N4O/c21-16(18-14-4-2-1-3-5-14)20-12-10-19(11-13-20)15-6-8-17-9-7-15/h6-9,14H,1-5,10-13H2,(H,18,21). The first-order valence-corrected chi connectivity index (χ1v) is 8.03. The van der Waals surface area contributed by atoms with Crippen LogP contribution in [0.1, 0.15) is 32.1 Å². The van der Waals surface area contributed by atoms with Gasteiger partial charge in [-0.1, -0.05) is 19.3 Å². The molecule has 0 spiro atoms. The molecule has 1 saturated carbocycles. The second-order valence-corrected chi connectivity index (χ2v) is 5.96. The van der Waals surface area contributed by atoms with Gasteiger partial charge in [-0.05, 0) is 25.0 Å². The molecule has 0 radical (unpaired) electrons. The van der Waals surface area contributed by atoms with Gasteiger partial charge in [0.05, 0.1) is 0 Å². The number of aromatic nitrogens is 1. The van der Waals surface area contributed by atoms with Crippen LogP contribution in [0.25, 0.3) is 0 Å².